The Labute approximate surface area is 106 Å². The lowest BCUT2D eigenvalue weighted by atomic mass is 10.1. The van der Waals surface area contributed by atoms with Crippen LogP contribution in [0.25, 0.3) is 0 Å². The van der Waals surface area contributed by atoms with Gasteiger partial charge in [-0.3, -0.25) is 0 Å². The summed E-state index contributed by atoms with van der Waals surface area (Å²) in [5.41, 5.74) is 0.482. The zero-order valence-corrected chi connectivity index (χ0v) is 10.3. The Morgan fingerprint density at radius 3 is 2.89 bits per heavy atom. The molecule has 0 amide bonds. The lowest BCUT2D eigenvalue weighted by molar-refractivity contribution is 0.252. The van der Waals surface area contributed by atoms with E-state index in [4.69, 9.17) is 0 Å². The molecule has 0 spiro atoms. The van der Waals surface area contributed by atoms with Crippen molar-refractivity contribution in [3.05, 3.63) is 23.6 Å². The molecule has 0 radical (unpaired) electrons. The van der Waals surface area contributed by atoms with E-state index in [0.717, 1.165) is 38.4 Å². The maximum absolute atomic E-state index is 13.1. The van der Waals surface area contributed by atoms with Crippen LogP contribution in [0.3, 0.4) is 0 Å². The van der Waals surface area contributed by atoms with Crippen LogP contribution in [-0.2, 0) is 6.61 Å². The number of rotatable bonds is 3. The van der Waals surface area contributed by atoms with Gasteiger partial charge in [0.05, 0.1) is 25.5 Å². The van der Waals surface area contributed by atoms with E-state index in [1.54, 1.807) is 0 Å². The smallest absolute Gasteiger partial charge is 0.142 e. The second-order valence-electron chi connectivity index (χ2n) is 4.67. The molecule has 0 aromatic carbocycles. The molecule has 1 fully saturated rings. The molecule has 1 saturated heterocycles. The monoisotopic (exact) mass is 254 g/mol. The summed E-state index contributed by atoms with van der Waals surface area (Å²) in [5, 5.41) is 18.8. The van der Waals surface area contributed by atoms with Gasteiger partial charge in [0.25, 0.3) is 0 Å². The van der Waals surface area contributed by atoms with E-state index in [0.29, 0.717) is 11.4 Å². The molecule has 1 aromatic rings. The number of hydrogen-bond acceptors (Lipinski definition) is 4. The fourth-order valence-corrected chi connectivity index (χ4v) is 2.49. The highest BCUT2D eigenvalue weighted by Gasteiger charge is 2.23. The van der Waals surface area contributed by atoms with Crippen LogP contribution >= 0.6 is 0 Å². The van der Waals surface area contributed by atoms with Crippen molar-refractivity contribution in [2.24, 2.45) is 0 Å². The molecule has 1 aliphatic heterocycles. The van der Waals surface area contributed by atoms with Gasteiger partial charge in [0.2, 0.25) is 0 Å². The number of aromatic nitrogens is 1. The molecule has 100 valence electrons. The predicted molar refractivity (Wildman–Crippen MR) is 66.8 cm³/mol. The molecule has 2 N–H and O–H groups in total. The zero-order chi connectivity index (χ0) is 13.0. The molecule has 5 heteroatoms. The second kappa shape index (κ2) is 6.11. The Hall–Kier alpha value is -1.20. The SMILES string of the molecule is OCc1cc(F)cnc1N1CCCCCC1CO. The van der Waals surface area contributed by atoms with Crippen LogP contribution in [0.4, 0.5) is 10.2 Å². The lowest BCUT2D eigenvalue weighted by Gasteiger charge is -2.31. The lowest BCUT2D eigenvalue weighted by Crippen LogP contribution is -2.38. The van der Waals surface area contributed by atoms with E-state index >= 15 is 0 Å². The molecule has 1 aliphatic rings. The molecule has 0 bridgehead atoms. The highest BCUT2D eigenvalue weighted by atomic mass is 19.1. The van der Waals surface area contributed by atoms with Gasteiger partial charge in [0.15, 0.2) is 0 Å². The fourth-order valence-electron chi connectivity index (χ4n) is 2.49. The Balaban J connectivity index is 2.32. The molecular weight excluding hydrogens is 235 g/mol. The van der Waals surface area contributed by atoms with Gasteiger partial charge in [-0.25, -0.2) is 9.37 Å². The number of anilines is 1. The number of nitrogens with zero attached hydrogens (tertiary/aromatic N) is 2. The molecule has 1 aromatic heterocycles. The first kappa shape index (κ1) is 13.2. The first-order valence-corrected chi connectivity index (χ1v) is 6.39. The van der Waals surface area contributed by atoms with Crippen molar-refractivity contribution in [2.45, 2.75) is 38.3 Å². The molecule has 0 aliphatic carbocycles. The summed E-state index contributed by atoms with van der Waals surface area (Å²) in [6, 6.07) is 1.32. The molecular formula is C13H19FN2O2. The molecule has 2 rings (SSSR count). The van der Waals surface area contributed by atoms with Crippen molar-refractivity contribution in [2.75, 3.05) is 18.1 Å². The summed E-state index contributed by atoms with van der Waals surface area (Å²) in [7, 11) is 0. The van der Waals surface area contributed by atoms with Gasteiger partial charge in [0.1, 0.15) is 11.6 Å². The van der Waals surface area contributed by atoms with Crippen molar-refractivity contribution in [1.29, 1.82) is 0 Å². The van der Waals surface area contributed by atoms with Gasteiger partial charge < -0.3 is 15.1 Å². The largest absolute Gasteiger partial charge is 0.394 e. The predicted octanol–water partition coefficient (Wildman–Crippen LogP) is 1.45. The van der Waals surface area contributed by atoms with E-state index in [2.05, 4.69) is 4.98 Å². The van der Waals surface area contributed by atoms with Crippen LogP contribution in [0.5, 0.6) is 0 Å². The Morgan fingerprint density at radius 1 is 1.33 bits per heavy atom. The van der Waals surface area contributed by atoms with Crippen LogP contribution in [0.2, 0.25) is 0 Å². The minimum atomic E-state index is -0.446. The average Bonchev–Trinajstić information content (AvgIpc) is 2.63. The van der Waals surface area contributed by atoms with Crippen molar-refractivity contribution in [3.8, 4) is 0 Å². The highest BCUT2D eigenvalue weighted by molar-refractivity contribution is 5.47. The second-order valence-corrected chi connectivity index (χ2v) is 4.67. The third-order valence-electron chi connectivity index (χ3n) is 3.44. The van der Waals surface area contributed by atoms with Crippen molar-refractivity contribution in [1.82, 2.24) is 4.98 Å². The summed E-state index contributed by atoms with van der Waals surface area (Å²) in [6.07, 6.45) is 5.30. The topological polar surface area (TPSA) is 56.6 Å². The maximum atomic E-state index is 13.1. The maximum Gasteiger partial charge on any atom is 0.142 e. The number of hydrogen-bond donors (Lipinski definition) is 2. The van der Waals surface area contributed by atoms with Crippen molar-refractivity contribution >= 4 is 5.82 Å². The van der Waals surface area contributed by atoms with E-state index in [1.807, 2.05) is 4.90 Å². The number of aliphatic hydroxyl groups is 2. The summed E-state index contributed by atoms with van der Waals surface area (Å²) in [5.74, 6) is 0.151. The standard InChI is InChI=1S/C13H19FN2O2/c14-11-6-10(8-17)13(15-7-11)16-5-3-1-2-4-12(16)9-18/h6-7,12,17-18H,1-5,8-9H2. The van der Waals surface area contributed by atoms with Crippen LogP contribution < -0.4 is 4.90 Å². The highest BCUT2D eigenvalue weighted by Crippen LogP contribution is 2.26. The third kappa shape index (κ3) is 2.79. The summed E-state index contributed by atoms with van der Waals surface area (Å²) in [6.45, 7) is 0.607. The van der Waals surface area contributed by atoms with Crippen LogP contribution in [0, 0.1) is 5.82 Å². The van der Waals surface area contributed by atoms with Crippen molar-refractivity contribution < 1.29 is 14.6 Å². The molecule has 18 heavy (non-hydrogen) atoms. The van der Waals surface area contributed by atoms with Crippen molar-refractivity contribution in [3.63, 3.8) is 0 Å². The van der Waals surface area contributed by atoms with Crippen LogP contribution in [0.15, 0.2) is 12.3 Å². The normalized spacial score (nSPS) is 20.8. The number of pyridine rings is 1. The van der Waals surface area contributed by atoms with E-state index in [9.17, 15) is 14.6 Å². The Kier molecular flexibility index (Phi) is 4.49. The number of halogens is 1. The van der Waals surface area contributed by atoms with Gasteiger partial charge in [-0.2, -0.15) is 0 Å². The number of aliphatic hydroxyl groups excluding tert-OH is 2. The van der Waals surface area contributed by atoms with E-state index in [-0.39, 0.29) is 19.3 Å². The van der Waals surface area contributed by atoms with Gasteiger partial charge in [-0.15, -0.1) is 0 Å². The first-order valence-electron chi connectivity index (χ1n) is 6.39. The molecule has 4 nitrogen and oxygen atoms in total. The van der Waals surface area contributed by atoms with Gasteiger partial charge in [-0.1, -0.05) is 12.8 Å². The first-order chi connectivity index (χ1) is 8.76. The molecule has 1 atom stereocenters. The Morgan fingerprint density at radius 2 is 2.17 bits per heavy atom. The summed E-state index contributed by atoms with van der Waals surface area (Å²) < 4.78 is 13.1. The summed E-state index contributed by atoms with van der Waals surface area (Å²) >= 11 is 0. The van der Waals surface area contributed by atoms with Crippen LogP contribution in [-0.4, -0.2) is 34.4 Å². The zero-order valence-electron chi connectivity index (χ0n) is 10.3. The van der Waals surface area contributed by atoms with Gasteiger partial charge in [0, 0.05) is 12.1 Å². The van der Waals surface area contributed by atoms with E-state index in [1.165, 1.54) is 6.07 Å². The Bertz CT molecular complexity index is 401. The van der Waals surface area contributed by atoms with Gasteiger partial charge >= 0.3 is 0 Å². The fraction of sp³-hybridized carbons (Fsp3) is 0.615. The minimum absolute atomic E-state index is 0.00996. The molecule has 1 unspecified atom stereocenters. The van der Waals surface area contributed by atoms with E-state index < -0.39 is 5.82 Å². The van der Waals surface area contributed by atoms with Gasteiger partial charge in [-0.05, 0) is 18.9 Å². The average molecular weight is 254 g/mol. The third-order valence-corrected chi connectivity index (χ3v) is 3.44. The quantitative estimate of drug-likeness (QED) is 0.857. The molecule has 2 heterocycles. The molecule has 0 saturated carbocycles. The van der Waals surface area contributed by atoms with Crippen LogP contribution in [0.1, 0.15) is 31.2 Å². The summed E-state index contributed by atoms with van der Waals surface area (Å²) in [4.78, 5) is 6.09. The minimum Gasteiger partial charge on any atom is -0.394 e.